The van der Waals surface area contributed by atoms with Crippen LogP contribution in [0, 0.1) is 0 Å². The summed E-state index contributed by atoms with van der Waals surface area (Å²) in [5.74, 6) is 0. The zero-order valence-electron chi connectivity index (χ0n) is 7.94. The molecule has 1 aromatic rings. The molecule has 0 radical (unpaired) electrons. The second-order valence-electron chi connectivity index (χ2n) is 3.40. The number of halogens is 2. The van der Waals surface area contributed by atoms with Gasteiger partial charge >= 0.3 is 0 Å². The summed E-state index contributed by atoms with van der Waals surface area (Å²) in [6, 6.07) is 0.00322. The van der Waals surface area contributed by atoms with Gasteiger partial charge in [-0.1, -0.05) is 11.3 Å². The predicted molar refractivity (Wildman–Crippen MR) is 52.3 cm³/mol. The van der Waals surface area contributed by atoms with Crippen LogP contribution in [0.15, 0.2) is 0 Å². The molecule has 0 saturated carbocycles. The van der Waals surface area contributed by atoms with E-state index in [4.69, 9.17) is 5.11 Å². The summed E-state index contributed by atoms with van der Waals surface area (Å²) in [5.41, 5.74) is 0. The highest BCUT2D eigenvalue weighted by Gasteiger charge is 2.27. The van der Waals surface area contributed by atoms with Crippen LogP contribution in [0.25, 0.3) is 0 Å². The van der Waals surface area contributed by atoms with E-state index < -0.39 is 6.43 Å². The van der Waals surface area contributed by atoms with E-state index in [9.17, 15) is 8.78 Å². The maximum absolute atomic E-state index is 12.3. The minimum absolute atomic E-state index is 0.00322. The van der Waals surface area contributed by atoms with E-state index >= 15 is 0 Å². The van der Waals surface area contributed by atoms with Crippen LogP contribution < -0.4 is 4.90 Å². The van der Waals surface area contributed by atoms with Gasteiger partial charge in [-0.3, -0.25) is 0 Å². The van der Waals surface area contributed by atoms with Gasteiger partial charge in [-0.25, -0.2) is 8.78 Å². The number of anilines is 1. The molecule has 0 bridgehead atoms. The monoisotopic (exact) mass is 235 g/mol. The number of aliphatic hydroxyl groups is 1. The van der Waals surface area contributed by atoms with Crippen molar-refractivity contribution in [2.45, 2.75) is 25.3 Å². The first-order chi connectivity index (χ1) is 7.22. The summed E-state index contributed by atoms with van der Waals surface area (Å²) >= 11 is 0.900. The van der Waals surface area contributed by atoms with Gasteiger partial charge in [0.2, 0.25) is 5.13 Å². The molecular formula is C8H11F2N3OS. The molecule has 2 rings (SSSR count). The lowest BCUT2D eigenvalue weighted by atomic mass is 10.2. The van der Waals surface area contributed by atoms with Crippen LogP contribution in [0.3, 0.4) is 0 Å². The molecule has 2 heterocycles. The molecule has 84 valence electrons. The van der Waals surface area contributed by atoms with Crippen molar-refractivity contribution in [2.75, 3.05) is 18.1 Å². The Labute approximate surface area is 89.5 Å². The summed E-state index contributed by atoms with van der Waals surface area (Å²) in [6.07, 6.45) is -0.735. The third-order valence-electron chi connectivity index (χ3n) is 2.45. The molecule has 0 aliphatic carbocycles. The minimum atomic E-state index is -2.56. The van der Waals surface area contributed by atoms with Crippen LogP contribution >= 0.6 is 11.3 Å². The van der Waals surface area contributed by atoms with E-state index in [1.54, 1.807) is 0 Å². The molecule has 1 aliphatic rings. The molecule has 0 aromatic carbocycles. The summed E-state index contributed by atoms with van der Waals surface area (Å²) in [7, 11) is 0. The number of aliphatic hydroxyl groups excluding tert-OH is 1. The number of nitrogens with zero attached hydrogens (tertiary/aromatic N) is 3. The van der Waals surface area contributed by atoms with Crippen molar-refractivity contribution < 1.29 is 13.9 Å². The Kier molecular flexibility index (Phi) is 3.11. The van der Waals surface area contributed by atoms with Crippen LogP contribution in [0.5, 0.6) is 0 Å². The standard InChI is InChI=1S/C8H11F2N3OS/c9-6(10)7-11-12-8(15-7)13-3-1-2-5(13)4-14/h5-6,14H,1-4H2/t5-/m1/s1. The molecule has 0 unspecified atom stereocenters. The normalized spacial score (nSPS) is 21.6. The lowest BCUT2D eigenvalue weighted by Crippen LogP contribution is -2.31. The molecule has 1 N–H and O–H groups in total. The number of hydrogen-bond acceptors (Lipinski definition) is 5. The zero-order chi connectivity index (χ0) is 10.8. The molecule has 0 amide bonds. The summed E-state index contributed by atoms with van der Waals surface area (Å²) < 4.78 is 24.6. The molecule has 4 nitrogen and oxygen atoms in total. The molecule has 15 heavy (non-hydrogen) atoms. The third kappa shape index (κ3) is 2.07. The molecule has 1 aromatic heterocycles. The van der Waals surface area contributed by atoms with Gasteiger partial charge in [0.05, 0.1) is 12.6 Å². The first kappa shape index (κ1) is 10.7. The quantitative estimate of drug-likeness (QED) is 0.861. The fourth-order valence-electron chi connectivity index (χ4n) is 1.71. The van der Waals surface area contributed by atoms with Crippen molar-refractivity contribution in [1.82, 2.24) is 10.2 Å². The van der Waals surface area contributed by atoms with Gasteiger partial charge < -0.3 is 10.0 Å². The van der Waals surface area contributed by atoms with E-state index in [0.29, 0.717) is 5.13 Å². The largest absolute Gasteiger partial charge is 0.394 e. The predicted octanol–water partition coefficient (Wildman–Crippen LogP) is 1.44. The average molecular weight is 235 g/mol. The van der Waals surface area contributed by atoms with Crippen LogP contribution in [-0.2, 0) is 0 Å². The highest BCUT2D eigenvalue weighted by Crippen LogP contribution is 2.31. The molecule has 7 heteroatoms. The van der Waals surface area contributed by atoms with Crippen molar-refractivity contribution in [2.24, 2.45) is 0 Å². The Hall–Kier alpha value is -0.820. The van der Waals surface area contributed by atoms with Gasteiger partial charge in [0.15, 0.2) is 5.01 Å². The van der Waals surface area contributed by atoms with E-state index in [1.165, 1.54) is 0 Å². The Balaban J connectivity index is 2.14. The Morgan fingerprint density at radius 1 is 1.53 bits per heavy atom. The maximum Gasteiger partial charge on any atom is 0.291 e. The smallest absolute Gasteiger partial charge is 0.291 e. The average Bonchev–Trinajstić information content (AvgIpc) is 2.85. The van der Waals surface area contributed by atoms with Gasteiger partial charge in [0.1, 0.15) is 0 Å². The highest BCUT2D eigenvalue weighted by molar-refractivity contribution is 7.15. The topological polar surface area (TPSA) is 49.2 Å². The number of rotatable bonds is 3. The SMILES string of the molecule is OC[C@H]1CCCN1c1nnc(C(F)F)s1. The Bertz CT molecular complexity index is 333. The summed E-state index contributed by atoms with van der Waals surface area (Å²) in [6.45, 7) is 0.784. The van der Waals surface area contributed by atoms with Gasteiger partial charge in [0, 0.05) is 6.54 Å². The molecule has 1 saturated heterocycles. The second-order valence-corrected chi connectivity index (χ2v) is 4.38. The summed E-state index contributed by atoms with van der Waals surface area (Å²) in [4.78, 5) is 1.85. The van der Waals surface area contributed by atoms with Crippen LogP contribution in [0.1, 0.15) is 24.3 Å². The van der Waals surface area contributed by atoms with Gasteiger partial charge in [-0.05, 0) is 12.8 Å². The third-order valence-corrected chi connectivity index (χ3v) is 3.42. The van der Waals surface area contributed by atoms with E-state index in [-0.39, 0.29) is 17.7 Å². The summed E-state index contributed by atoms with van der Waals surface area (Å²) in [5, 5.41) is 16.5. The second kappa shape index (κ2) is 4.36. The molecule has 0 spiro atoms. The van der Waals surface area contributed by atoms with Gasteiger partial charge in [0.25, 0.3) is 6.43 Å². The van der Waals surface area contributed by atoms with Crippen molar-refractivity contribution in [3.8, 4) is 0 Å². The van der Waals surface area contributed by atoms with Crippen molar-refractivity contribution in [3.63, 3.8) is 0 Å². The molecule has 1 aliphatic heterocycles. The molecule has 1 atom stereocenters. The van der Waals surface area contributed by atoms with Gasteiger partial charge in [-0.2, -0.15) is 0 Å². The van der Waals surface area contributed by atoms with E-state index in [0.717, 1.165) is 30.7 Å². The maximum atomic E-state index is 12.3. The van der Waals surface area contributed by atoms with Crippen molar-refractivity contribution in [3.05, 3.63) is 5.01 Å². The Morgan fingerprint density at radius 3 is 2.93 bits per heavy atom. The first-order valence-corrected chi connectivity index (χ1v) is 5.53. The lowest BCUT2D eigenvalue weighted by molar-refractivity contribution is 0.150. The molecular weight excluding hydrogens is 224 g/mol. The Morgan fingerprint density at radius 2 is 2.33 bits per heavy atom. The van der Waals surface area contributed by atoms with Crippen LogP contribution in [0.2, 0.25) is 0 Å². The minimum Gasteiger partial charge on any atom is -0.394 e. The van der Waals surface area contributed by atoms with Gasteiger partial charge in [-0.15, -0.1) is 10.2 Å². The zero-order valence-corrected chi connectivity index (χ0v) is 8.75. The lowest BCUT2D eigenvalue weighted by Gasteiger charge is -2.20. The highest BCUT2D eigenvalue weighted by atomic mass is 32.1. The van der Waals surface area contributed by atoms with Crippen LogP contribution in [-0.4, -0.2) is 34.5 Å². The fourth-order valence-corrected chi connectivity index (χ4v) is 2.51. The van der Waals surface area contributed by atoms with E-state index in [1.807, 2.05) is 4.90 Å². The fraction of sp³-hybridized carbons (Fsp3) is 0.750. The number of hydrogen-bond donors (Lipinski definition) is 1. The van der Waals surface area contributed by atoms with Crippen molar-refractivity contribution >= 4 is 16.5 Å². The van der Waals surface area contributed by atoms with Crippen molar-refractivity contribution in [1.29, 1.82) is 0 Å². The number of aromatic nitrogens is 2. The molecule has 1 fully saturated rings. The van der Waals surface area contributed by atoms with Crippen LogP contribution in [0.4, 0.5) is 13.9 Å². The first-order valence-electron chi connectivity index (χ1n) is 4.71. The van der Waals surface area contributed by atoms with E-state index in [2.05, 4.69) is 10.2 Å². The number of alkyl halides is 2.